The minimum absolute atomic E-state index is 0.175. The van der Waals surface area contributed by atoms with Crippen molar-refractivity contribution in [2.75, 3.05) is 30.5 Å². The Morgan fingerprint density at radius 1 is 1.12 bits per heavy atom. The minimum atomic E-state index is -3.18. The first-order valence-corrected chi connectivity index (χ1v) is 12.0. The highest BCUT2D eigenvalue weighted by molar-refractivity contribution is 7.53. The molecule has 1 aliphatic heterocycles. The zero-order valence-electron chi connectivity index (χ0n) is 18.2. The van der Waals surface area contributed by atoms with E-state index in [9.17, 15) is 14.2 Å². The SMILES string of the molecule is CCOC(=O)c1cnc2c(c1)/C(=C\Nc1ccc(CP(=O)(OCC)OCC)cc1)C(=O)N2. The quantitative estimate of drug-likeness (QED) is 0.305. The van der Waals surface area contributed by atoms with Crippen molar-refractivity contribution in [2.24, 2.45) is 0 Å². The number of hydrogen-bond donors (Lipinski definition) is 2. The van der Waals surface area contributed by atoms with Gasteiger partial charge in [0, 0.05) is 23.6 Å². The molecule has 0 saturated heterocycles. The van der Waals surface area contributed by atoms with Crippen molar-refractivity contribution in [3.8, 4) is 0 Å². The van der Waals surface area contributed by atoms with Crippen LogP contribution in [0.15, 0.2) is 42.7 Å². The molecular weight excluding hydrogens is 433 g/mol. The van der Waals surface area contributed by atoms with E-state index >= 15 is 0 Å². The maximum atomic E-state index is 12.7. The van der Waals surface area contributed by atoms with Crippen LogP contribution >= 0.6 is 7.60 Å². The number of esters is 1. The second-order valence-corrected chi connectivity index (χ2v) is 8.85. The van der Waals surface area contributed by atoms with Crippen molar-refractivity contribution in [3.05, 3.63) is 59.4 Å². The molecule has 32 heavy (non-hydrogen) atoms. The fourth-order valence-corrected chi connectivity index (χ4v) is 4.85. The molecule has 0 atom stereocenters. The van der Waals surface area contributed by atoms with Crippen molar-refractivity contribution < 1.29 is 27.9 Å². The Morgan fingerprint density at radius 2 is 1.81 bits per heavy atom. The van der Waals surface area contributed by atoms with Crippen molar-refractivity contribution in [3.63, 3.8) is 0 Å². The number of amides is 1. The molecule has 170 valence electrons. The largest absolute Gasteiger partial charge is 0.462 e. The predicted octanol–water partition coefficient (Wildman–Crippen LogP) is 4.43. The molecule has 0 saturated carbocycles. The monoisotopic (exact) mass is 459 g/mol. The van der Waals surface area contributed by atoms with E-state index in [0.29, 0.717) is 30.2 Å². The molecule has 1 aliphatic rings. The molecule has 0 radical (unpaired) electrons. The lowest BCUT2D eigenvalue weighted by Gasteiger charge is -2.17. The van der Waals surface area contributed by atoms with Gasteiger partial charge in [-0.15, -0.1) is 0 Å². The van der Waals surface area contributed by atoms with E-state index in [-0.39, 0.29) is 24.2 Å². The van der Waals surface area contributed by atoms with E-state index in [1.54, 1.807) is 45.2 Å². The summed E-state index contributed by atoms with van der Waals surface area (Å²) in [6.45, 7) is 6.12. The number of nitrogens with one attached hydrogen (secondary N) is 2. The highest BCUT2D eigenvalue weighted by Gasteiger charge is 2.27. The topological polar surface area (TPSA) is 116 Å². The van der Waals surface area contributed by atoms with E-state index in [1.807, 2.05) is 12.1 Å². The molecule has 0 bridgehead atoms. The Labute approximate surface area is 186 Å². The van der Waals surface area contributed by atoms with Crippen LogP contribution in [0.25, 0.3) is 5.57 Å². The fourth-order valence-electron chi connectivity index (χ4n) is 3.14. The summed E-state index contributed by atoms with van der Waals surface area (Å²) in [5, 5.41) is 5.75. The molecule has 2 heterocycles. The first-order chi connectivity index (χ1) is 15.4. The Morgan fingerprint density at radius 3 is 2.44 bits per heavy atom. The zero-order valence-corrected chi connectivity index (χ0v) is 19.1. The van der Waals surface area contributed by atoms with Crippen LogP contribution in [-0.4, -0.2) is 36.7 Å². The van der Waals surface area contributed by atoms with Gasteiger partial charge >= 0.3 is 13.6 Å². The lowest BCUT2D eigenvalue weighted by molar-refractivity contribution is -0.110. The molecule has 1 amide bonds. The molecule has 1 aromatic heterocycles. The van der Waals surface area contributed by atoms with Crippen LogP contribution in [-0.2, 0) is 29.3 Å². The van der Waals surface area contributed by atoms with Crippen LogP contribution in [0.5, 0.6) is 0 Å². The van der Waals surface area contributed by atoms with Gasteiger partial charge in [-0.2, -0.15) is 0 Å². The van der Waals surface area contributed by atoms with E-state index in [2.05, 4.69) is 15.6 Å². The van der Waals surface area contributed by atoms with E-state index in [4.69, 9.17) is 13.8 Å². The molecule has 0 aliphatic carbocycles. The summed E-state index contributed by atoms with van der Waals surface area (Å²) in [6, 6.07) is 8.81. The number of rotatable bonds is 10. The third kappa shape index (κ3) is 5.62. The average molecular weight is 459 g/mol. The van der Waals surface area contributed by atoms with Crippen LogP contribution in [0.3, 0.4) is 0 Å². The predicted molar refractivity (Wildman–Crippen MR) is 121 cm³/mol. The number of nitrogens with zero attached hydrogens (tertiary/aromatic N) is 1. The first-order valence-electron chi connectivity index (χ1n) is 10.3. The average Bonchev–Trinajstić information content (AvgIpc) is 3.08. The Balaban J connectivity index is 1.74. The number of pyridine rings is 1. The Kier molecular flexibility index (Phi) is 7.80. The molecule has 10 heteroatoms. The third-order valence-electron chi connectivity index (χ3n) is 4.53. The van der Waals surface area contributed by atoms with Gasteiger partial charge in [0.05, 0.1) is 37.1 Å². The molecule has 1 aromatic carbocycles. The number of carbonyl (C=O) groups is 2. The summed E-state index contributed by atoms with van der Waals surface area (Å²) in [5.74, 6) is -0.442. The first kappa shape index (κ1) is 23.7. The van der Waals surface area contributed by atoms with Crippen molar-refractivity contribution in [1.82, 2.24) is 4.98 Å². The summed E-state index contributed by atoms with van der Waals surface area (Å²) in [4.78, 5) is 28.5. The van der Waals surface area contributed by atoms with E-state index in [1.165, 1.54) is 6.20 Å². The van der Waals surface area contributed by atoms with Crippen LogP contribution in [0.2, 0.25) is 0 Å². The Bertz CT molecular complexity index is 1060. The highest BCUT2D eigenvalue weighted by atomic mass is 31.2. The molecule has 0 unspecified atom stereocenters. The number of hydrogen-bond acceptors (Lipinski definition) is 8. The van der Waals surface area contributed by atoms with Crippen LogP contribution in [0, 0.1) is 0 Å². The molecule has 9 nitrogen and oxygen atoms in total. The highest BCUT2D eigenvalue weighted by Crippen LogP contribution is 2.51. The second kappa shape index (κ2) is 10.5. The summed E-state index contributed by atoms with van der Waals surface area (Å²) in [5.41, 5.74) is 2.66. The zero-order chi connectivity index (χ0) is 23.1. The van der Waals surface area contributed by atoms with Crippen molar-refractivity contribution in [1.29, 1.82) is 0 Å². The number of ether oxygens (including phenoxy) is 1. The van der Waals surface area contributed by atoms with Gasteiger partial charge in [-0.25, -0.2) is 9.78 Å². The number of anilines is 2. The molecular formula is C22H26N3O6P. The lowest BCUT2D eigenvalue weighted by Crippen LogP contribution is -2.06. The van der Waals surface area contributed by atoms with Crippen LogP contribution in [0.1, 0.15) is 42.3 Å². The smallest absolute Gasteiger partial charge is 0.339 e. The molecule has 0 spiro atoms. The minimum Gasteiger partial charge on any atom is -0.462 e. The maximum absolute atomic E-state index is 12.7. The summed E-state index contributed by atoms with van der Waals surface area (Å²) >= 11 is 0. The number of benzene rings is 1. The van der Waals surface area contributed by atoms with E-state index in [0.717, 1.165) is 11.3 Å². The normalized spacial score (nSPS) is 14.2. The van der Waals surface area contributed by atoms with Gasteiger partial charge in [-0.1, -0.05) is 12.1 Å². The van der Waals surface area contributed by atoms with Gasteiger partial charge < -0.3 is 24.4 Å². The Hall–Kier alpha value is -3.00. The van der Waals surface area contributed by atoms with Gasteiger partial charge in [0.1, 0.15) is 5.82 Å². The number of fused-ring (bicyclic) bond motifs is 1. The van der Waals surface area contributed by atoms with Gasteiger partial charge in [0.25, 0.3) is 5.91 Å². The molecule has 2 N–H and O–H groups in total. The lowest BCUT2D eigenvalue weighted by atomic mass is 10.1. The summed E-state index contributed by atoms with van der Waals surface area (Å²) in [7, 11) is -3.18. The fraction of sp³-hybridized carbons (Fsp3) is 0.318. The molecule has 3 rings (SSSR count). The van der Waals surface area contributed by atoms with Crippen LogP contribution in [0.4, 0.5) is 11.5 Å². The van der Waals surface area contributed by atoms with E-state index < -0.39 is 13.6 Å². The van der Waals surface area contributed by atoms with Gasteiger partial charge in [-0.3, -0.25) is 9.36 Å². The molecule has 2 aromatic rings. The molecule has 0 fully saturated rings. The second-order valence-electron chi connectivity index (χ2n) is 6.80. The number of carbonyl (C=O) groups excluding carboxylic acids is 2. The van der Waals surface area contributed by atoms with Gasteiger partial charge in [0.15, 0.2) is 0 Å². The third-order valence-corrected chi connectivity index (χ3v) is 6.59. The van der Waals surface area contributed by atoms with Crippen molar-refractivity contribution >= 4 is 36.6 Å². The van der Waals surface area contributed by atoms with Gasteiger partial charge in [0.2, 0.25) is 0 Å². The van der Waals surface area contributed by atoms with Crippen molar-refractivity contribution in [2.45, 2.75) is 26.9 Å². The maximum Gasteiger partial charge on any atom is 0.339 e. The number of aromatic nitrogens is 1. The standard InChI is InChI=1S/C22H26N3O6P/c1-4-29-22(27)16-11-18-19(21(26)25-20(18)24-12-16)13-23-17-9-7-15(8-10-17)14-32(28,30-5-2)31-6-3/h7-13,23H,4-6,14H2,1-3H3,(H,24,25,26)/b19-13+. The summed E-state index contributed by atoms with van der Waals surface area (Å²) < 4.78 is 28.3. The van der Waals surface area contributed by atoms with Crippen LogP contribution < -0.4 is 10.6 Å². The van der Waals surface area contributed by atoms with Gasteiger partial charge in [-0.05, 0) is 44.5 Å². The summed E-state index contributed by atoms with van der Waals surface area (Å²) in [6.07, 6.45) is 3.10.